The Hall–Kier alpha value is -1.59. The Morgan fingerprint density at radius 1 is 1.32 bits per heavy atom. The van der Waals surface area contributed by atoms with Gasteiger partial charge in [0.05, 0.1) is 24.1 Å². The number of hydrogen-bond acceptors (Lipinski definition) is 5. The third-order valence-electron chi connectivity index (χ3n) is 2.57. The fraction of sp³-hybridized carbons (Fsp3) is 0.231. The number of hydrogen-bond donors (Lipinski definition) is 0. The van der Waals surface area contributed by atoms with Gasteiger partial charge in [-0.2, -0.15) is 0 Å². The van der Waals surface area contributed by atoms with Crippen LogP contribution in [0.15, 0.2) is 18.3 Å². The third kappa shape index (κ3) is 2.57. The summed E-state index contributed by atoms with van der Waals surface area (Å²) in [5, 5.41) is 1.10. The molecule has 19 heavy (non-hydrogen) atoms. The number of halogens is 1. The number of benzene rings is 1. The Morgan fingerprint density at radius 3 is 2.58 bits per heavy atom. The molecular formula is C13H12ClNO3S. The lowest BCUT2D eigenvalue weighted by Gasteiger charge is -2.11. The number of aromatic nitrogens is 1. The molecule has 1 heterocycles. The summed E-state index contributed by atoms with van der Waals surface area (Å²) in [6.07, 6.45) is 1.55. The smallest absolute Gasteiger partial charge is 0.180 e. The Kier molecular flexibility index (Phi) is 4.07. The molecule has 0 N–H and O–H groups in total. The van der Waals surface area contributed by atoms with Crippen molar-refractivity contribution in [2.45, 2.75) is 6.92 Å². The number of ether oxygens (including phenoxy) is 2. The fourth-order valence-electron chi connectivity index (χ4n) is 1.62. The number of ketones is 1. The van der Waals surface area contributed by atoms with E-state index in [-0.39, 0.29) is 5.78 Å². The molecule has 100 valence electrons. The van der Waals surface area contributed by atoms with E-state index in [1.807, 2.05) is 0 Å². The van der Waals surface area contributed by atoms with Crippen LogP contribution < -0.4 is 9.47 Å². The quantitative estimate of drug-likeness (QED) is 0.808. The largest absolute Gasteiger partial charge is 0.493 e. The Balaban J connectivity index is 2.53. The summed E-state index contributed by atoms with van der Waals surface area (Å²) in [6, 6.07) is 3.56. The van der Waals surface area contributed by atoms with Crippen molar-refractivity contribution in [3.05, 3.63) is 28.2 Å². The van der Waals surface area contributed by atoms with Crippen molar-refractivity contribution < 1.29 is 14.3 Å². The molecule has 0 spiro atoms. The Bertz CT molecular complexity index is 624. The first kappa shape index (κ1) is 13.8. The molecule has 2 aromatic rings. The van der Waals surface area contributed by atoms with Crippen molar-refractivity contribution in [2.75, 3.05) is 14.2 Å². The molecular weight excluding hydrogens is 286 g/mol. The Labute approximate surface area is 120 Å². The second kappa shape index (κ2) is 5.59. The van der Waals surface area contributed by atoms with Crippen molar-refractivity contribution in [1.82, 2.24) is 4.98 Å². The second-order valence-corrected chi connectivity index (χ2v) is 5.16. The molecule has 0 unspecified atom stereocenters. The van der Waals surface area contributed by atoms with E-state index in [0.717, 1.165) is 5.56 Å². The van der Waals surface area contributed by atoms with Gasteiger partial charge in [-0.15, -0.1) is 11.3 Å². The van der Waals surface area contributed by atoms with Gasteiger partial charge in [-0.25, -0.2) is 4.98 Å². The van der Waals surface area contributed by atoms with Crippen LogP contribution in [0.5, 0.6) is 11.5 Å². The van der Waals surface area contributed by atoms with Gasteiger partial charge in [-0.3, -0.25) is 4.79 Å². The predicted octanol–water partition coefficient (Wildman–Crippen LogP) is 3.68. The zero-order chi connectivity index (χ0) is 14.0. The van der Waals surface area contributed by atoms with E-state index in [1.54, 1.807) is 25.4 Å². The van der Waals surface area contributed by atoms with E-state index in [4.69, 9.17) is 21.1 Å². The zero-order valence-electron chi connectivity index (χ0n) is 10.7. The lowest BCUT2D eigenvalue weighted by molar-refractivity contribution is 0.102. The normalized spacial score (nSPS) is 10.3. The molecule has 0 saturated heterocycles. The molecule has 0 atom stereocenters. The first-order valence-electron chi connectivity index (χ1n) is 5.46. The zero-order valence-corrected chi connectivity index (χ0v) is 12.3. The number of carbonyl (C=O) groups excluding carboxylic acids is 1. The number of Topliss-reactive ketones (excluding diaryl/α,β-unsaturated/α-hetero) is 1. The highest BCUT2D eigenvalue weighted by atomic mass is 35.5. The number of methoxy groups -OCH3 is 2. The molecule has 0 aliphatic rings. The maximum absolute atomic E-state index is 11.3. The van der Waals surface area contributed by atoms with E-state index in [1.165, 1.54) is 25.4 Å². The molecule has 0 bridgehead atoms. The van der Waals surface area contributed by atoms with Gasteiger partial charge in [0.1, 0.15) is 5.01 Å². The first-order valence-corrected chi connectivity index (χ1v) is 6.65. The molecule has 2 rings (SSSR count). The van der Waals surface area contributed by atoms with E-state index < -0.39 is 0 Å². The van der Waals surface area contributed by atoms with Gasteiger partial charge in [0.25, 0.3) is 0 Å². The lowest BCUT2D eigenvalue weighted by Crippen LogP contribution is -1.92. The minimum Gasteiger partial charge on any atom is -0.493 e. The van der Waals surface area contributed by atoms with Crippen LogP contribution in [0.25, 0.3) is 10.6 Å². The first-order chi connectivity index (χ1) is 9.08. The second-order valence-electron chi connectivity index (χ2n) is 3.75. The standard InChI is InChI=1S/C13H12ClNO3S/c1-7(16)10-6-15-13(19-10)8-4-5-9(17-2)12(18-3)11(8)14/h4-6H,1-3H3. The maximum Gasteiger partial charge on any atom is 0.180 e. The van der Waals surface area contributed by atoms with Gasteiger partial charge in [0.15, 0.2) is 17.3 Å². The van der Waals surface area contributed by atoms with Crippen LogP contribution in [-0.4, -0.2) is 25.0 Å². The number of thiazole rings is 1. The van der Waals surface area contributed by atoms with Crippen molar-refractivity contribution in [3.8, 4) is 22.1 Å². The molecule has 0 fully saturated rings. The minimum atomic E-state index is -0.0136. The molecule has 0 saturated carbocycles. The fourth-order valence-corrected chi connectivity index (χ4v) is 2.84. The SMILES string of the molecule is COc1ccc(-c2ncc(C(C)=O)s2)c(Cl)c1OC. The van der Waals surface area contributed by atoms with Gasteiger partial charge in [-0.05, 0) is 12.1 Å². The molecule has 4 nitrogen and oxygen atoms in total. The molecule has 6 heteroatoms. The molecule has 0 radical (unpaired) electrons. The lowest BCUT2D eigenvalue weighted by atomic mass is 10.2. The van der Waals surface area contributed by atoms with E-state index in [0.29, 0.717) is 26.4 Å². The summed E-state index contributed by atoms with van der Waals surface area (Å²) < 4.78 is 10.4. The topological polar surface area (TPSA) is 48.4 Å². The summed E-state index contributed by atoms with van der Waals surface area (Å²) in [5.41, 5.74) is 0.719. The van der Waals surface area contributed by atoms with Crippen molar-refractivity contribution in [1.29, 1.82) is 0 Å². The van der Waals surface area contributed by atoms with E-state index in [2.05, 4.69) is 4.98 Å². The summed E-state index contributed by atoms with van der Waals surface area (Å²) in [6.45, 7) is 1.51. The van der Waals surface area contributed by atoms with Gasteiger partial charge < -0.3 is 9.47 Å². The summed E-state index contributed by atoms with van der Waals surface area (Å²) in [7, 11) is 3.07. The van der Waals surface area contributed by atoms with Crippen LogP contribution in [0.4, 0.5) is 0 Å². The highest BCUT2D eigenvalue weighted by molar-refractivity contribution is 7.17. The average molecular weight is 298 g/mol. The van der Waals surface area contributed by atoms with Crippen LogP contribution in [0, 0.1) is 0 Å². The van der Waals surface area contributed by atoms with Gasteiger partial charge in [-0.1, -0.05) is 11.6 Å². The van der Waals surface area contributed by atoms with Crippen LogP contribution >= 0.6 is 22.9 Å². The molecule has 0 amide bonds. The summed E-state index contributed by atoms with van der Waals surface area (Å²) >= 11 is 7.59. The maximum atomic E-state index is 11.3. The van der Waals surface area contributed by atoms with E-state index >= 15 is 0 Å². The molecule has 1 aromatic heterocycles. The van der Waals surface area contributed by atoms with Crippen LogP contribution in [0.3, 0.4) is 0 Å². The van der Waals surface area contributed by atoms with Crippen molar-refractivity contribution >= 4 is 28.7 Å². The van der Waals surface area contributed by atoms with Crippen molar-refractivity contribution in [2.24, 2.45) is 0 Å². The van der Waals surface area contributed by atoms with Gasteiger partial charge in [0, 0.05) is 18.7 Å². The highest BCUT2D eigenvalue weighted by Gasteiger charge is 2.17. The number of nitrogens with zero attached hydrogens (tertiary/aromatic N) is 1. The van der Waals surface area contributed by atoms with Crippen LogP contribution in [0.1, 0.15) is 16.6 Å². The average Bonchev–Trinajstić information content (AvgIpc) is 2.87. The van der Waals surface area contributed by atoms with Crippen LogP contribution in [-0.2, 0) is 0 Å². The molecule has 0 aliphatic carbocycles. The van der Waals surface area contributed by atoms with Crippen molar-refractivity contribution in [3.63, 3.8) is 0 Å². The Morgan fingerprint density at radius 2 is 2.05 bits per heavy atom. The molecule has 0 aliphatic heterocycles. The van der Waals surface area contributed by atoms with Crippen LogP contribution in [0.2, 0.25) is 5.02 Å². The predicted molar refractivity (Wildman–Crippen MR) is 75.7 cm³/mol. The monoisotopic (exact) mass is 297 g/mol. The number of carbonyl (C=O) groups is 1. The molecule has 1 aromatic carbocycles. The number of rotatable bonds is 4. The van der Waals surface area contributed by atoms with E-state index in [9.17, 15) is 4.79 Å². The minimum absolute atomic E-state index is 0.0136. The highest BCUT2D eigenvalue weighted by Crippen LogP contribution is 2.42. The van der Waals surface area contributed by atoms with Gasteiger partial charge >= 0.3 is 0 Å². The summed E-state index contributed by atoms with van der Waals surface area (Å²) in [5.74, 6) is 1.00. The third-order valence-corrected chi connectivity index (χ3v) is 4.07. The van der Waals surface area contributed by atoms with Gasteiger partial charge in [0.2, 0.25) is 0 Å². The summed E-state index contributed by atoms with van der Waals surface area (Å²) in [4.78, 5) is 16.1.